The van der Waals surface area contributed by atoms with Gasteiger partial charge in [-0.1, -0.05) is 47.0 Å². The van der Waals surface area contributed by atoms with E-state index in [1.54, 1.807) is 0 Å². The van der Waals surface area contributed by atoms with Gasteiger partial charge in [0.25, 0.3) is 0 Å². The lowest BCUT2D eigenvalue weighted by Gasteiger charge is -2.33. The van der Waals surface area contributed by atoms with Crippen LogP contribution in [0.1, 0.15) is 59.8 Å². The van der Waals surface area contributed by atoms with Crippen LogP contribution in [0.4, 0.5) is 0 Å². The molecular formula is C15H34N2. The van der Waals surface area contributed by atoms with Crippen molar-refractivity contribution in [3.05, 3.63) is 0 Å². The highest BCUT2D eigenvalue weighted by molar-refractivity contribution is 4.79. The Labute approximate surface area is 109 Å². The Hall–Kier alpha value is -0.0800. The van der Waals surface area contributed by atoms with Crippen LogP contribution < -0.4 is 5.32 Å². The van der Waals surface area contributed by atoms with Crippen LogP contribution in [-0.2, 0) is 0 Å². The minimum Gasteiger partial charge on any atom is -0.312 e. The molecular weight excluding hydrogens is 208 g/mol. The van der Waals surface area contributed by atoms with Gasteiger partial charge in [-0.05, 0) is 32.9 Å². The minimum atomic E-state index is 0.677. The molecule has 0 aliphatic rings. The molecule has 0 fully saturated rings. The van der Waals surface area contributed by atoms with Crippen LogP contribution in [0.15, 0.2) is 0 Å². The van der Waals surface area contributed by atoms with E-state index in [4.69, 9.17) is 0 Å². The fraction of sp³-hybridized carbons (Fsp3) is 1.00. The standard InChI is InChI=1S/C15H34N2/c1-7-11-14(10-4)16-12-15(17(5)6)13(8-2)9-3/h13-16H,7-12H2,1-6H3. The molecule has 2 heteroatoms. The van der Waals surface area contributed by atoms with Crippen LogP contribution in [0.5, 0.6) is 0 Å². The van der Waals surface area contributed by atoms with E-state index in [0.29, 0.717) is 12.1 Å². The average Bonchev–Trinajstić information content (AvgIpc) is 2.32. The Balaban J connectivity index is 4.24. The van der Waals surface area contributed by atoms with Crippen LogP contribution in [0.25, 0.3) is 0 Å². The molecule has 2 nitrogen and oxygen atoms in total. The predicted molar refractivity (Wildman–Crippen MR) is 78.5 cm³/mol. The van der Waals surface area contributed by atoms with Crippen molar-refractivity contribution in [3.63, 3.8) is 0 Å². The van der Waals surface area contributed by atoms with E-state index < -0.39 is 0 Å². The van der Waals surface area contributed by atoms with Gasteiger partial charge in [0, 0.05) is 18.6 Å². The zero-order chi connectivity index (χ0) is 13.3. The van der Waals surface area contributed by atoms with Gasteiger partial charge >= 0.3 is 0 Å². The summed E-state index contributed by atoms with van der Waals surface area (Å²) >= 11 is 0. The van der Waals surface area contributed by atoms with Crippen molar-refractivity contribution >= 4 is 0 Å². The molecule has 0 aliphatic carbocycles. The molecule has 17 heavy (non-hydrogen) atoms. The van der Waals surface area contributed by atoms with Gasteiger partial charge in [0.1, 0.15) is 0 Å². The third-order valence-electron chi connectivity index (χ3n) is 4.00. The van der Waals surface area contributed by atoms with Crippen molar-refractivity contribution in [3.8, 4) is 0 Å². The number of nitrogens with zero attached hydrogens (tertiary/aromatic N) is 1. The molecule has 104 valence electrons. The molecule has 0 aliphatic heterocycles. The van der Waals surface area contributed by atoms with E-state index in [9.17, 15) is 0 Å². The summed E-state index contributed by atoms with van der Waals surface area (Å²) < 4.78 is 0. The zero-order valence-electron chi connectivity index (χ0n) is 12.9. The second kappa shape index (κ2) is 9.90. The lowest BCUT2D eigenvalue weighted by atomic mass is 9.93. The Kier molecular flexibility index (Phi) is 9.85. The third kappa shape index (κ3) is 6.42. The first-order valence-corrected chi connectivity index (χ1v) is 7.50. The van der Waals surface area contributed by atoms with Gasteiger partial charge in [-0.15, -0.1) is 0 Å². The Morgan fingerprint density at radius 2 is 1.53 bits per heavy atom. The number of rotatable bonds is 10. The van der Waals surface area contributed by atoms with Crippen LogP contribution in [0.2, 0.25) is 0 Å². The highest BCUT2D eigenvalue weighted by Crippen LogP contribution is 2.16. The van der Waals surface area contributed by atoms with Crippen molar-refractivity contribution in [2.75, 3.05) is 20.6 Å². The first-order valence-electron chi connectivity index (χ1n) is 7.50. The molecule has 0 saturated heterocycles. The maximum atomic E-state index is 3.76. The summed E-state index contributed by atoms with van der Waals surface area (Å²) in [5.41, 5.74) is 0. The van der Waals surface area contributed by atoms with E-state index in [1.165, 1.54) is 32.1 Å². The fourth-order valence-corrected chi connectivity index (χ4v) is 2.69. The Morgan fingerprint density at radius 3 is 1.88 bits per heavy atom. The summed E-state index contributed by atoms with van der Waals surface area (Å²) in [6.07, 6.45) is 6.40. The zero-order valence-corrected chi connectivity index (χ0v) is 12.9. The average molecular weight is 242 g/mol. The highest BCUT2D eigenvalue weighted by Gasteiger charge is 2.21. The molecule has 1 N–H and O–H groups in total. The molecule has 0 aromatic carbocycles. The molecule has 0 radical (unpaired) electrons. The Morgan fingerprint density at radius 1 is 0.941 bits per heavy atom. The van der Waals surface area contributed by atoms with Gasteiger partial charge in [-0.2, -0.15) is 0 Å². The van der Waals surface area contributed by atoms with Crippen molar-refractivity contribution in [1.29, 1.82) is 0 Å². The van der Waals surface area contributed by atoms with Gasteiger partial charge in [-0.3, -0.25) is 0 Å². The largest absolute Gasteiger partial charge is 0.312 e. The summed E-state index contributed by atoms with van der Waals surface area (Å²) in [6.45, 7) is 10.3. The molecule has 0 bridgehead atoms. The summed E-state index contributed by atoms with van der Waals surface area (Å²) in [4.78, 5) is 2.39. The topological polar surface area (TPSA) is 15.3 Å². The van der Waals surface area contributed by atoms with E-state index in [1.807, 2.05) is 0 Å². The maximum Gasteiger partial charge on any atom is 0.0242 e. The van der Waals surface area contributed by atoms with Gasteiger partial charge in [0.2, 0.25) is 0 Å². The van der Waals surface area contributed by atoms with E-state index >= 15 is 0 Å². The Bertz CT molecular complexity index is 164. The summed E-state index contributed by atoms with van der Waals surface area (Å²) in [6, 6.07) is 1.38. The SMILES string of the molecule is CCCC(CC)NCC(C(CC)CC)N(C)C. The van der Waals surface area contributed by atoms with Gasteiger partial charge in [-0.25, -0.2) is 0 Å². The lowest BCUT2D eigenvalue weighted by Crippen LogP contribution is -2.45. The van der Waals surface area contributed by atoms with Crippen LogP contribution in [-0.4, -0.2) is 37.6 Å². The smallest absolute Gasteiger partial charge is 0.0242 e. The van der Waals surface area contributed by atoms with Gasteiger partial charge in [0.15, 0.2) is 0 Å². The van der Waals surface area contributed by atoms with Crippen molar-refractivity contribution < 1.29 is 0 Å². The number of likely N-dealkylation sites (N-methyl/N-ethyl adjacent to an activating group) is 1. The van der Waals surface area contributed by atoms with Crippen molar-refractivity contribution in [2.45, 2.75) is 71.9 Å². The maximum absolute atomic E-state index is 3.76. The summed E-state index contributed by atoms with van der Waals surface area (Å²) in [5.74, 6) is 0.816. The first kappa shape index (κ1) is 16.9. The van der Waals surface area contributed by atoms with Crippen LogP contribution in [0, 0.1) is 5.92 Å². The quantitative estimate of drug-likeness (QED) is 0.630. The molecule has 0 aromatic heterocycles. The van der Waals surface area contributed by atoms with Crippen molar-refractivity contribution in [1.82, 2.24) is 10.2 Å². The second-order valence-electron chi connectivity index (χ2n) is 5.41. The summed E-state index contributed by atoms with van der Waals surface area (Å²) in [5, 5.41) is 3.76. The monoisotopic (exact) mass is 242 g/mol. The van der Waals surface area contributed by atoms with E-state index in [-0.39, 0.29) is 0 Å². The third-order valence-corrected chi connectivity index (χ3v) is 4.00. The van der Waals surface area contributed by atoms with E-state index in [0.717, 1.165) is 12.5 Å². The lowest BCUT2D eigenvalue weighted by molar-refractivity contribution is 0.188. The van der Waals surface area contributed by atoms with Crippen LogP contribution in [0.3, 0.4) is 0 Å². The second-order valence-corrected chi connectivity index (χ2v) is 5.41. The van der Waals surface area contributed by atoms with Gasteiger partial charge in [0.05, 0.1) is 0 Å². The molecule has 0 spiro atoms. The normalized spacial score (nSPS) is 15.5. The predicted octanol–water partition coefficient (Wildman–Crippen LogP) is 3.52. The molecule has 0 heterocycles. The van der Waals surface area contributed by atoms with Crippen molar-refractivity contribution in [2.24, 2.45) is 5.92 Å². The number of hydrogen-bond donors (Lipinski definition) is 1. The molecule has 0 amide bonds. The first-order chi connectivity index (χ1) is 8.10. The highest BCUT2D eigenvalue weighted by atomic mass is 15.1. The molecule has 2 atom stereocenters. The molecule has 0 saturated carbocycles. The van der Waals surface area contributed by atoms with E-state index in [2.05, 4.69) is 52.0 Å². The molecule has 0 aromatic rings. The fourth-order valence-electron chi connectivity index (χ4n) is 2.69. The molecule has 2 unspecified atom stereocenters. The van der Waals surface area contributed by atoms with Crippen LogP contribution >= 0.6 is 0 Å². The molecule has 0 rings (SSSR count). The number of nitrogens with one attached hydrogen (secondary N) is 1. The number of hydrogen-bond acceptors (Lipinski definition) is 2. The van der Waals surface area contributed by atoms with Gasteiger partial charge < -0.3 is 10.2 Å². The minimum absolute atomic E-state index is 0.677. The summed E-state index contributed by atoms with van der Waals surface area (Å²) in [7, 11) is 4.43.